The Kier molecular flexibility index (Phi) is 3.57. The number of nitrogen functional groups attached to an aromatic ring is 1. The molecule has 0 radical (unpaired) electrons. The minimum Gasteiger partial charge on any atom is -0.396 e. The Morgan fingerprint density at radius 3 is 2.42 bits per heavy atom. The zero-order chi connectivity index (χ0) is 14.3. The molecule has 1 aromatic rings. The molecule has 0 unspecified atom stereocenters. The summed E-state index contributed by atoms with van der Waals surface area (Å²) in [6.45, 7) is 3.40. The summed E-state index contributed by atoms with van der Waals surface area (Å²) in [7, 11) is -3.66. The van der Waals surface area contributed by atoms with Crippen LogP contribution in [-0.2, 0) is 10.0 Å². The lowest BCUT2D eigenvalue weighted by molar-refractivity contribution is 0.427. The van der Waals surface area contributed by atoms with Crippen LogP contribution in [0.5, 0.6) is 0 Å². The molecule has 0 heterocycles. The average Bonchev–Trinajstić information content (AvgIpc) is 2.70. The first-order valence-electron chi connectivity index (χ1n) is 6.33. The van der Waals surface area contributed by atoms with Crippen molar-refractivity contribution in [2.75, 3.05) is 5.73 Å². The maximum Gasteiger partial charge on any atom is 0.241 e. The Morgan fingerprint density at radius 2 is 1.89 bits per heavy atom. The molecule has 3 N–H and O–H groups in total. The van der Waals surface area contributed by atoms with Crippen molar-refractivity contribution in [3.63, 3.8) is 0 Å². The number of anilines is 1. The van der Waals surface area contributed by atoms with E-state index in [-0.39, 0.29) is 16.1 Å². The Balaban J connectivity index is 2.34. The van der Waals surface area contributed by atoms with Gasteiger partial charge in [0.2, 0.25) is 10.0 Å². The highest BCUT2D eigenvalue weighted by Gasteiger charge is 2.33. The van der Waals surface area contributed by atoms with Crippen molar-refractivity contribution in [1.82, 2.24) is 4.72 Å². The summed E-state index contributed by atoms with van der Waals surface area (Å²) < 4.78 is 40.8. The monoisotopic (exact) mass is 286 g/mol. The van der Waals surface area contributed by atoms with Crippen LogP contribution in [0.2, 0.25) is 0 Å². The molecule has 2 rings (SSSR count). The number of hydrogen-bond acceptors (Lipinski definition) is 3. The molecule has 1 fully saturated rings. The van der Waals surface area contributed by atoms with Gasteiger partial charge in [-0.2, -0.15) is 0 Å². The van der Waals surface area contributed by atoms with Crippen LogP contribution in [0.25, 0.3) is 0 Å². The van der Waals surface area contributed by atoms with E-state index in [0.717, 1.165) is 25.7 Å². The Labute approximate surface area is 113 Å². The van der Waals surface area contributed by atoms with Gasteiger partial charge in [0.25, 0.3) is 0 Å². The molecule has 1 aliphatic rings. The number of hydrogen-bond donors (Lipinski definition) is 2. The molecular weight excluding hydrogens is 267 g/mol. The molecule has 1 aliphatic carbocycles. The first-order valence-corrected chi connectivity index (χ1v) is 7.81. The summed E-state index contributed by atoms with van der Waals surface area (Å²) in [6, 6.07) is 2.48. The highest BCUT2D eigenvalue weighted by Crippen LogP contribution is 2.31. The van der Waals surface area contributed by atoms with Gasteiger partial charge in [-0.25, -0.2) is 17.5 Å². The van der Waals surface area contributed by atoms with Crippen molar-refractivity contribution in [1.29, 1.82) is 0 Å². The quantitative estimate of drug-likeness (QED) is 0.838. The molecule has 6 heteroatoms. The van der Waals surface area contributed by atoms with Gasteiger partial charge in [-0.15, -0.1) is 0 Å². The van der Waals surface area contributed by atoms with Crippen molar-refractivity contribution in [2.45, 2.75) is 50.0 Å². The summed E-state index contributed by atoms with van der Waals surface area (Å²) in [5.74, 6) is -0.564. The third kappa shape index (κ3) is 2.90. The molecule has 0 aromatic heterocycles. The van der Waals surface area contributed by atoms with Gasteiger partial charge in [-0.05, 0) is 44.4 Å². The van der Waals surface area contributed by atoms with Crippen molar-refractivity contribution in [3.8, 4) is 0 Å². The summed E-state index contributed by atoms with van der Waals surface area (Å²) >= 11 is 0. The van der Waals surface area contributed by atoms with Crippen molar-refractivity contribution >= 4 is 15.7 Å². The standard InChI is InChI=1S/C13H19FN2O2S/c1-9-7-10(8-11(15)12(9)14)19(17,18)16-13(2)5-3-4-6-13/h7-8,16H,3-6,15H2,1-2H3. The number of nitrogens with two attached hydrogens (primary N) is 1. The fourth-order valence-electron chi connectivity index (χ4n) is 2.56. The molecule has 4 nitrogen and oxygen atoms in total. The smallest absolute Gasteiger partial charge is 0.241 e. The van der Waals surface area contributed by atoms with Crippen LogP contribution < -0.4 is 10.5 Å². The number of sulfonamides is 1. The molecule has 0 bridgehead atoms. The molecule has 1 saturated carbocycles. The molecule has 0 spiro atoms. The van der Waals surface area contributed by atoms with E-state index in [9.17, 15) is 12.8 Å². The van der Waals surface area contributed by atoms with E-state index in [4.69, 9.17) is 5.73 Å². The Morgan fingerprint density at radius 1 is 1.32 bits per heavy atom. The van der Waals surface area contributed by atoms with Crippen LogP contribution in [0.3, 0.4) is 0 Å². The van der Waals surface area contributed by atoms with Gasteiger partial charge in [0.05, 0.1) is 10.6 Å². The minimum absolute atomic E-state index is 0.0250. The van der Waals surface area contributed by atoms with Gasteiger partial charge in [0, 0.05) is 5.54 Å². The Bertz CT molecular complexity index is 570. The first-order chi connectivity index (χ1) is 8.73. The second kappa shape index (κ2) is 4.76. The maximum absolute atomic E-state index is 13.4. The number of nitrogens with one attached hydrogen (secondary N) is 1. The number of benzene rings is 1. The third-order valence-electron chi connectivity index (χ3n) is 3.65. The van der Waals surface area contributed by atoms with E-state index in [1.807, 2.05) is 6.92 Å². The largest absolute Gasteiger partial charge is 0.396 e. The minimum atomic E-state index is -3.66. The first kappa shape index (κ1) is 14.3. The lowest BCUT2D eigenvalue weighted by Gasteiger charge is -2.25. The molecule has 0 saturated heterocycles. The predicted octanol–water partition coefficient (Wildman–Crippen LogP) is 2.33. The number of halogens is 1. The third-order valence-corrected chi connectivity index (χ3v) is 5.27. The van der Waals surface area contributed by atoms with E-state index in [1.165, 1.54) is 19.1 Å². The van der Waals surface area contributed by atoms with Gasteiger partial charge >= 0.3 is 0 Å². The number of aryl methyl sites for hydroxylation is 1. The molecule has 106 valence electrons. The van der Waals surface area contributed by atoms with Gasteiger partial charge in [0.1, 0.15) is 5.82 Å². The second-order valence-corrected chi connectivity index (χ2v) is 7.20. The SMILES string of the molecule is Cc1cc(S(=O)(=O)NC2(C)CCCC2)cc(N)c1F. The highest BCUT2D eigenvalue weighted by molar-refractivity contribution is 7.89. The van der Waals surface area contributed by atoms with E-state index >= 15 is 0 Å². The van der Waals surface area contributed by atoms with Crippen LogP contribution in [0.15, 0.2) is 17.0 Å². The van der Waals surface area contributed by atoms with Crippen LogP contribution in [0, 0.1) is 12.7 Å². The van der Waals surface area contributed by atoms with E-state index in [0.29, 0.717) is 0 Å². The molecule has 0 aliphatic heterocycles. The van der Waals surface area contributed by atoms with E-state index in [2.05, 4.69) is 4.72 Å². The fourth-order valence-corrected chi connectivity index (χ4v) is 4.14. The lowest BCUT2D eigenvalue weighted by atomic mass is 10.0. The van der Waals surface area contributed by atoms with Gasteiger partial charge in [-0.1, -0.05) is 12.8 Å². The van der Waals surface area contributed by atoms with Gasteiger partial charge in [-0.3, -0.25) is 0 Å². The van der Waals surface area contributed by atoms with Crippen LogP contribution >= 0.6 is 0 Å². The molecule has 19 heavy (non-hydrogen) atoms. The summed E-state index contributed by atoms with van der Waals surface area (Å²) in [6.07, 6.45) is 3.68. The maximum atomic E-state index is 13.4. The average molecular weight is 286 g/mol. The van der Waals surface area contributed by atoms with Gasteiger partial charge in [0.15, 0.2) is 0 Å². The molecule has 1 aromatic carbocycles. The Hall–Kier alpha value is -1.14. The normalized spacial score (nSPS) is 18.7. The lowest BCUT2D eigenvalue weighted by Crippen LogP contribution is -2.43. The zero-order valence-corrected chi connectivity index (χ0v) is 12.0. The van der Waals surface area contributed by atoms with Crippen LogP contribution in [-0.4, -0.2) is 14.0 Å². The van der Waals surface area contributed by atoms with E-state index in [1.54, 1.807) is 0 Å². The molecular formula is C13H19FN2O2S. The highest BCUT2D eigenvalue weighted by atomic mass is 32.2. The molecule has 0 atom stereocenters. The van der Waals surface area contributed by atoms with E-state index < -0.39 is 21.4 Å². The van der Waals surface area contributed by atoms with Gasteiger partial charge < -0.3 is 5.73 Å². The second-order valence-electron chi connectivity index (χ2n) is 5.52. The van der Waals surface area contributed by atoms with Crippen molar-refractivity contribution in [3.05, 3.63) is 23.5 Å². The fraction of sp³-hybridized carbons (Fsp3) is 0.538. The van der Waals surface area contributed by atoms with Crippen LogP contribution in [0.1, 0.15) is 38.2 Å². The summed E-state index contributed by atoms with van der Waals surface area (Å²) in [4.78, 5) is 0.0250. The zero-order valence-electron chi connectivity index (χ0n) is 11.2. The van der Waals surface area contributed by atoms with Crippen molar-refractivity contribution < 1.29 is 12.8 Å². The molecule has 0 amide bonds. The number of rotatable bonds is 3. The topological polar surface area (TPSA) is 72.2 Å². The summed E-state index contributed by atoms with van der Waals surface area (Å²) in [5.41, 5.74) is 5.18. The van der Waals surface area contributed by atoms with Crippen molar-refractivity contribution in [2.24, 2.45) is 0 Å². The predicted molar refractivity (Wildman–Crippen MR) is 72.7 cm³/mol. The van der Waals surface area contributed by atoms with Crippen LogP contribution in [0.4, 0.5) is 10.1 Å². The summed E-state index contributed by atoms with van der Waals surface area (Å²) in [5, 5.41) is 0.